The first-order valence-corrected chi connectivity index (χ1v) is 8.64. The standard InChI is InChI=1S/C19H19N3OS/c1-5-14-7-6-8-15(9-14)20-18(23)17-10-16-13(4)21-22(11-12(2)3)19(16)24-17/h1,6-10,12H,11H2,2-4H3,(H,20,23). The van der Waals surface area contributed by atoms with E-state index in [0.717, 1.165) is 28.0 Å². The number of carbonyl (C=O) groups excluding carboxylic acids is 1. The maximum absolute atomic E-state index is 12.5. The molecule has 0 aliphatic rings. The molecule has 0 saturated carbocycles. The van der Waals surface area contributed by atoms with E-state index in [9.17, 15) is 4.79 Å². The van der Waals surface area contributed by atoms with Crippen LogP contribution in [-0.2, 0) is 6.54 Å². The Morgan fingerprint density at radius 2 is 2.21 bits per heavy atom. The van der Waals surface area contributed by atoms with Crippen LogP contribution < -0.4 is 5.32 Å². The van der Waals surface area contributed by atoms with Crippen LogP contribution in [0, 0.1) is 25.2 Å². The molecule has 2 heterocycles. The number of aromatic nitrogens is 2. The molecule has 3 rings (SSSR count). The molecule has 1 amide bonds. The number of nitrogens with zero attached hydrogens (tertiary/aromatic N) is 2. The quantitative estimate of drug-likeness (QED) is 0.722. The molecule has 0 bridgehead atoms. The van der Waals surface area contributed by atoms with Gasteiger partial charge in [0.1, 0.15) is 4.83 Å². The summed E-state index contributed by atoms with van der Waals surface area (Å²) in [6, 6.07) is 9.20. The number of amides is 1. The van der Waals surface area contributed by atoms with Gasteiger partial charge in [-0.2, -0.15) is 5.10 Å². The van der Waals surface area contributed by atoms with Crippen molar-refractivity contribution < 1.29 is 4.79 Å². The fourth-order valence-electron chi connectivity index (χ4n) is 2.57. The summed E-state index contributed by atoms with van der Waals surface area (Å²) >= 11 is 1.47. The van der Waals surface area contributed by atoms with Gasteiger partial charge in [-0.15, -0.1) is 17.8 Å². The van der Waals surface area contributed by atoms with Crippen LogP contribution in [0.2, 0.25) is 0 Å². The molecule has 0 unspecified atom stereocenters. The van der Waals surface area contributed by atoms with Crippen molar-refractivity contribution in [3.63, 3.8) is 0 Å². The number of benzene rings is 1. The number of thiophene rings is 1. The molecule has 3 aromatic rings. The van der Waals surface area contributed by atoms with E-state index < -0.39 is 0 Å². The summed E-state index contributed by atoms with van der Waals surface area (Å²) in [4.78, 5) is 14.3. The van der Waals surface area contributed by atoms with Gasteiger partial charge in [0.15, 0.2) is 0 Å². The summed E-state index contributed by atoms with van der Waals surface area (Å²) in [5.41, 5.74) is 2.40. The molecule has 1 aromatic carbocycles. The average Bonchev–Trinajstić information content (AvgIpc) is 3.09. The van der Waals surface area contributed by atoms with Gasteiger partial charge in [-0.3, -0.25) is 9.48 Å². The Morgan fingerprint density at radius 1 is 1.42 bits per heavy atom. The molecule has 122 valence electrons. The molecule has 0 spiro atoms. The van der Waals surface area contributed by atoms with Crippen LogP contribution in [0.15, 0.2) is 30.3 Å². The predicted octanol–water partition coefficient (Wildman–Crippen LogP) is 4.30. The van der Waals surface area contributed by atoms with Crippen LogP contribution in [0.3, 0.4) is 0 Å². The molecule has 0 saturated heterocycles. The number of aryl methyl sites for hydroxylation is 1. The first kappa shape index (κ1) is 16.3. The zero-order valence-electron chi connectivity index (χ0n) is 14.0. The van der Waals surface area contributed by atoms with Crippen LogP contribution in [0.25, 0.3) is 10.2 Å². The zero-order valence-corrected chi connectivity index (χ0v) is 14.8. The van der Waals surface area contributed by atoms with E-state index in [1.54, 1.807) is 6.07 Å². The van der Waals surface area contributed by atoms with Crippen molar-refractivity contribution in [3.8, 4) is 12.3 Å². The molecule has 2 aromatic heterocycles. The molecule has 0 aliphatic carbocycles. The molecule has 0 fully saturated rings. The Morgan fingerprint density at radius 3 is 2.92 bits per heavy atom. The van der Waals surface area contributed by atoms with Crippen molar-refractivity contribution in [2.24, 2.45) is 5.92 Å². The number of rotatable bonds is 4. The molecule has 1 N–H and O–H groups in total. The van der Waals surface area contributed by atoms with Gasteiger partial charge in [-0.1, -0.05) is 25.8 Å². The number of anilines is 1. The van der Waals surface area contributed by atoms with E-state index in [2.05, 4.69) is 30.2 Å². The first-order chi connectivity index (χ1) is 11.5. The number of fused-ring (bicyclic) bond motifs is 1. The highest BCUT2D eigenvalue weighted by Gasteiger charge is 2.17. The van der Waals surface area contributed by atoms with Crippen molar-refractivity contribution in [1.29, 1.82) is 0 Å². The van der Waals surface area contributed by atoms with Crippen LogP contribution in [-0.4, -0.2) is 15.7 Å². The Bertz CT molecular complexity index is 943. The van der Waals surface area contributed by atoms with Gasteiger partial charge in [-0.25, -0.2) is 0 Å². The molecule has 0 atom stereocenters. The summed E-state index contributed by atoms with van der Waals surface area (Å²) < 4.78 is 2.00. The highest BCUT2D eigenvalue weighted by atomic mass is 32.1. The minimum absolute atomic E-state index is 0.124. The summed E-state index contributed by atoms with van der Waals surface area (Å²) in [5.74, 6) is 2.94. The average molecular weight is 337 g/mol. The lowest BCUT2D eigenvalue weighted by atomic mass is 10.2. The van der Waals surface area contributed by atoms with Gasteiger partial charge < -0.3 is 5.32 Å². The third-order valence-corrected chi connectivity index (χ3v) is 4.80. The predicted molar refractivity (Wildman–Crippen MR) is 99.5 cm³/mol. The Kier molecular flexibility index (Phi) is 4.41. The van der Waals surface area contributed by atoms with Crippen LogP contribution in [0.5, 0.6) is 0 Å². The molecule has 5 heteroatoms. The van der Waals surface area contributed by atoms with Gasteiger partial charge in [0, 0.05) is 23.2 Å². The number of carbonyl (C=O) groups is 1. The van der Waals surface area contributed by atoms with Crippen molar-refractivity contribution in [3.05, 3.63) is 46.5 Å². The second-order valence-electron chi connectivity index (χ2n) is 6.17. The summed E-state index contributed by atoms with van der Waals surface area (Å²) in [6.07, 6.45) is 5.40. The lowest BCUT2D eigenvalue weighted by Gasteiger charge is -2.05. The molecular weight excluding hydrogens is 318 g/mol. The SMILES string of the molecule is C#Cc1cccc(NC(=O)c2cc3c(C)nn(CC(C)C)c3s2)c1. The first-order valence-electron chi connectivity index (χ1n) is 7.83. The highest BCUT2D eigenvalue weighted by molar-refractivity contribution is 7.20. The van der Waals surface area contributed by atoms with Gasteiger partial charge >= 0.3 is 0 Å². The van der Waals surface area contributed by atoms with Crippen LogP contribution in [0.1, 0.15) is 34.8 Å². The smallest absolute Gasteiger partial charge is 0.265 e. The van der Waals surface area contributed by atoms with E-state index in [0.29, 0.717) is 16.5 Å². The molecule has 4 nitrogen and oxygen atoms in total. The van der Waals surface area contributed by atoms with Crippen molar-refractivity contribution >= 4 is 33.1 Å². The maximum Gasteiger partial charge on any atom is 0.265 e. The molecule has 0 aliphatic heterocycles. The molecule has 0 radical (unpaired) electrons. The van der Waals surface area contributed by atoms with Crippen molar-refractivity contribution in [2.45, 2.75) is 27.3 Å². The fraction of sp³-hybridized carbons (Fsp3) is 0.263. The normalized spacial score (nSPS) is 11.0. The van der Waals surface area contributed by atoms with Crippen LogP contribution in [0.4, 0.5) is 5.69 Å². The van der Waals surface area contributed by atoms with Crippen LogP contribution >= 0.6 is 11.3 Å². The minimum atomic E-state index is -0.124. The zero-order chi connectivity index (χ0) is 17.3. The molecular formula is C19H19N3OS. The second kappa shape index (κ2) is 6.50. The fourth-order valence-corrected chi connectivity index (χ4v) is 3.64. The van der Waals surface area contributed by atoms with Gasteiger partial charge in [0.25, 0.3) is 5.91 Å². The third-order valence-electron chi connectivity index (χ3n) is 3.66. The minimum Gasteiger partial charge on any atom is -0.321 e. The second-order valence-corrected chi connectivity index (χ2v) is 7.20. The maximum atomic E-state index is 12.5. The largest absolute Gasteiger partial charge is 0.321 e. The Balaban J connectivity index is 1.89. The van der Waals surface area contributed by atoms with E-state index in [4.69, 9.17) is 6.42 Å². The van der Waals surface area contributed by atoms with E-state index in [1.807, 2.05) is 35.9 Å². The lowest BCUT2D eigenvalue weighted by Crippen LogP contribution is -2.10. The van der Waals surface area contributed by atoms with Gasteiger partial charge in [-0.05, 0) is 37.1 Å². The van der Waals surface area contributed by atoms with Crippen molar-refractivity contribution in [1.82, 2.24) is 9.78 Å². The number of terminal acetylenes is 1. The topological polar surface area (TPSA) is 46.9 Å². The monoisotopic (exact) mass is 337 g/mol. The Hall–Kier alpha value is -2.58. The number of hydrogen-bond acceptors (Lipinski definition) is 3. The molecule has 24 heavy (non-hydrogen) atoms. The summed E-state index contributed by atoms with van der Waals surface area (Å²) in [5, 5.41) is 8.52. The summed E-state index contributed by atoms with van der Waals surface area (Å²) in [7, 11) is 0. The summed E-state index contributed by atoms with van der Waals surface area (Å²) in [6.45, 7) is 7.13. The van der Waals surface area contributed by atoms with E-state index in [1.165, 1.54) is 11.3 Å². The highest BCUT2D eigenvalue weighted by Crippen LogP contribution is 2.29. The van der Waals surface area contributed by atoms with Crippen molar-refractivity contribution in [2.75, 3.05) is 5.32 Å². The van der Waals surface area contributed by atoms with E-state index >= 15 is 0 Å². The number of hydrogen-bond donors (Lipinski definition) is 1. The van der Waals surface area contributed by atoms with Gasteiger partial charge in [0.05, 0.1) is 10.6 Å². The van der Waals surface area contributed by atoms with E-state index in [-0.39, 0.29) is 5.91 Å². The van der Waals surface area contributed by atoms with Gasteiger partial charge in [0.2, 0.25) is 0 Å². The third kappa shape index (κ3) is 3.19. The Labute approximate surface area is 145 Å². The lowest BCUT2D eigenvalue weighted by molar-refractivity contribution is 0.103. The number of nitrogens with one attached hydrogen (secondary N) is 1.